The molecule has 3 aromatic carbocycles. The monoisotopic (exact) mass is 363 g/mol. The smallest absolute Gasteiger partial charge is 0.0561 e. The van der Waals surface area contributed by atoms with Crippen LogP contribution in [0.15, 0.2) is 90.1 Å². The second-order valence-corrected chi connectivity index (χ2v) is 8.08. The lowest BCUT2D eigenvalue weighted by atomic mass is 9.93. The summed E-state index contributed by atoms with van der Waals surface area (Å²) in [6.45, 7) is 4.41. The van der Waals surface area contributed by atoms with Crippen LogP contribution in [0.2, 0.25) is 0 Å². The van der Waals surface area contributed by atoms with Crippen LogP contribution in [0.1, 0.15) is 37.4 Å². The Balaban J connectivity index is 1.79. The lowest BCUT2D eigenvalue weighted by Gasteiger charge is -2.12. The van der Waals surface area contributed by atoms with E-state index in [1.165, 1.54) is 49.4 Å². The van der Waals surface area contributed by atoms with E-state index >= 15 is 0 Å². The zero-order valence-corrected chi connectivity index (χ0v) is 16.4. The molecule has 28 heavy (non-hydrogen) atoms. The molecule has 2 unspecified atom stereocenters. The highest BCUT2D eigenvalue weighted by Gasteiger charge is 2.30. The fraction of sp³-hybridized carbons (Fsp3) is 0.185. The average Bonchev–Trinajstić information content (AvgIpc) is 2.95. The van der Waals surface area contributed by atoms with Crippen molar-refractivity contribution in [2.75, 3.05) is 0 Å². The summed E-state index contributed by atoms with van der Waals surface area (Å²) in [7, 11) is 0. The third-order valence-corrected chi connectivity index (χ3v) is 5.98. The Morgan fingerprint density at radius 3 is 2.54 bits per heavy atom. The SMILES string of the molecule is CC1=C/C(C)/C=C2\C(=C/C/C=C\1)c1c(ccc3cc4ccccc4cc13)C2N. The van der Waals surface area contributed by atoms with Gasteiger partial charge in [0.05, 0.1) is 6.04 Å². The number of rotatable bonds is 0. The Kier molecular flexibility index (Phi) is 4.07. The molecule has 0 saturated carbocycles. The van der Waals surface area contributed by atoms with Gasteiger partial charge in [-0.15, -0.1) is 0 Å². The van der Waals surface area contributed by atoms with Crippen molar-refractivity contribution in [3.8, 4) is 0 Å². The second kappa shape index (κ2) is 6.61. The molecule has 0 fully saturated rings. The summed E-state index contributed by atoms with van der Waals surface area (Å²) in [5.74, 6) is 0.355. The predicted molar refractivity (Wildman–Crippen MR) is 121 cm³/mol. The highest BCUT2D eigenvalue weighted by molar-refractivity contribution is 6.07. The molecule has 0 bridgehead atoms. The van der Waals surface area contributed by atoms with Gasteiger partial charge in [-0.2, -0.15) is 0 Å². The zero-order chi connectivity index (χ0) is 19.3. The van der Waals surface area contributed by atoms with Crippen molar-refractivity contribution in [1.29, 1.82) is 0 Å². The fourth-order valence-corrected chi connectivity index (χ4v) is 4.72. The van der Waals surface area contributed by atoms with Gasteiger partial charge in [-0.1, -0.05) is 79.3 Å². The number of nitrogens with two attached hydrogens (primary N) is 1. The summed E-state index contributed by atoms with van der Waals surface area (Å²) in [6.07, 6.45) is 12.4. The average molecular weight is 364 g/mol. The molecule has 0 amide bonds. The van der Waals surface area contributed by atoms with Gasteiger partial charge in [0, 0.05) is 0 Å². The minimum Gasteiger partial charge on any atom is -0.320 e. The van der Waals surface area contributed by atoms with Crippen LogP contribution in [0.25, 0.3) is 27.1 Å². The molecular weight excluding hydrogens is 338 g/mol. The third-order valence-electron chi connectivity index (χ3n) is 5.98. The quantitative estimate of drug-likeness (QED) is 0.434. The molecular formula is C27H25N. The number of hydrogen-bond acceptors (Lipinski definition) is 1. The van der Waals surface area contributed by atoms with Crippen molar-refractivity contribution < 1.29 is 0 Å². The first-order chi connectivity index (χ1) is 13.6. The highest BCUT2D eigenvalue weighted by Crippen LogP contribution is 2.47. The van der Waals surface area contributed by atoms with E-state index in [1.54, 1.807) is 0 Å². The van der Waals surface area contributed by atoms with Crippen molar-refractivity contribution in [3.05, 3.63) is 101 Å². The lowest BCUT2D eigenvalue weighted by molar-refractivity contribution is 0.855. The molecule has 0 saturated heterocycles. The van der Waals surface area contributed by atoms with Crippen LogP contribution in [0.5, 0.6) is 0 Å². The van der Waals surface area contributed by atoms with E-state index < -0.39 is 0 Å². The Morgan fingerprint density at radius 2 is 1.71 bits per heavy atom. The zero-order valence-electron chi connectivity index (χ0n) is 16.4. The van der Waals surface area contributed by atoms with Crippen molar-refractivity contribution in [2.45, 2.75) is 26.3 Å². The van der Waals surface area contributed by atoms with Gasteiger partial charge in [-0.3, -0.25) is 0 Å². The van der Waals surface area contributed by atoms with Gasteiger partial charge in [0.1, 0.15) is 0 Å². The Labute approximate surface area is 166 Å². The highest BCUT2D eigenvalue weighted by atomic mass is 14.7. The first-order valence-corrected chi connectivity index (χ1v) is 10.1. The number of fused-ring (bicyclic) bond motifs is 6. The summed E-state index contributed by atoms with van der Waals surface area (Å²) < 4.78 is 0. The fourth-order valence-electron chi connectivity index (χ4n) is 4.72. The van der Waals surface area contributed by atoms with Crippen molar-refractivity contribution in [1.82, 2.24) is 0 Å². The minimum absolute atomic E-state index is 0.0586. The van der Waals surface area contributed by atoms with Crippen LogP contribution >= 0.6 is 0 Å². The largest absolute Gasteiger partial charge is 0.320 e. The number of allylic oxidation sites excluding steroid dienone is 6. The van der Waals surface area contributed by atoms with E-state index in [0.29, 0.717) is 5.92 Å². The van der Waals surface area contributed by atoms with Crippen LogP contribution in [-0.2, 0) is 0 Å². The molecule has 0 spiro atoms. The molecule has 0 heterocycles. The first-order valence-electron chi connectivity index (χ1n) is 10.1. The van der Waals surface area contributed by atoms with Crippen LogP contribution in [0, 0.1) is 5.92 Å². The number of hydrogen-bond donors (Lipinski definition) is 1. The Morgan fingerprint density at radius 1 is 0.929 bits per heavy atom. The van der Waals surface area contributed by atoms with Gasteiger partial charge in [0.15, 0.2) is 0 Å². The van der Waals surface area contributed by atoms with Gasteiger partial charge >= 0.3 is 0 Å². The molecule has 2 aliphatic carbocycles. The third kappa shape index (κ3) is 2.75. The normalized spacial score (nSPS) is 28.5. The lowest BCUT2D eigenvalue weighted by Crippen LogP contribution is -2.09. The molecule has 0 aromatic heterocycles. The molecule has 3 aromatic rings. The molecule has 1 nitrogen and oxygen atoms in total. The van der Waals surface area contributed by atoms with E-state index in [0.717, 1.165) is 6.42 Å². The molecule has 0 aliphatic heterocycles. The summed E-state index contributed by atoms with van der Waals surface area (Å²) in [4.78, 5) is 0. The molecule has 2 N–H and O–H groups in total. The second-order valence-electron chi connectivity index (χ2n) is 8.08. The van der Waals surface area contributed by atoms with E-state index in [1.807, 2.05) is 0 Å². The van der Waals surface area contributed by atoms with Crippen molar-refractivity contribution >= 4 is 27.1 Å². The maximum Gasteiger partial charge on any atom is 0.0561 e. The number of benzene rings is 3. The minimum atomic E-state index is -0.0586. The van der Waals surface area contributed by atoms with Gasteiger partial charge in [-0.05, 0) is 75.2 Å². The summed E-state index contributed by atoms with van der Waals surface area (Å²) in [5, 5.41) is 5.15. The summed E-state index contributed by atoms with van der Waals surface area (Å²) in [5.41, 5.74) is 13.2. The van der Waals surface area contributed by atoms with E-state index in [2.05, 4.69) is 92.8 Å². The van der Waals surface area contributed by atoms with Gasteiger partial charge in [0.2, 0.25) is 0 Å². The topological polar surface area (TPSA) is 26.0 Å². The maximum absolute atomic E-state index is 6.76. The van der Waals surface area contributed by atoms with E-state index in [-0.39, 0.29) is 6.04 Å². The molecule has 5 rings (SSSR count). The van der Waals surface area contributed by atoms with Crippen molar-refractivity contribution in [3.63, 3.8) is 0 Å². The molecule has 1 heteroatoms. The predicted octanol–water partition coefficient (Wildman–Crippen LogP) is 6.86. The van der Waals surface area contributed by atoms with E-state index in [4.69, 9.17) is 5.73 Å². The molecule has 2 aliphatic rings. The first kappa shape index (κ1) is 17.2. The van der Waals surface area contributed by atoms with Crippen LogP contribution in [0.4, 0.5) is 0 Å². The Bertz CT molecular complexity index is 1220. The van der Waals surface area contributed by atoms with Crippen molar-refractivity contribution in [2.24, 2.45) is 11.7 Å². The van der Waals surface area contributed by atoms with Gasteiger partial charge in [0.25, 0.3) is 0 Å². The Hall–Kier alpha value is -2.90. The van der Waals surface area contributed by atoms with E-state index in [9.17, 15) is 0 Å². The maximum atomic E-state index is 6.76. The van der Waals surface area contributed by atoms with Crippen LogP contribution < -0.4 is 5.73 Å². The van der Waals surface area contributed by atoms with Crippen LogP contribution in [-0.4, -0.2) is 0 Å². The van der Waals surface area contributed by atoms with Gasteiger partial charge < -0.3 is 5.73 Å². The van der Waals surface area contributed by atoms with Gasteiger partial charge in [-0.25, -0.2) is 0 Å². The molecule has 2 atom stereocenters. The van der Waals surface area contributed by atoms with Crippen LogP contribution in [0.3, 0.4) is 0 Å². The summed E-state index contributed by atoms with van der Waals surface area (Å²) >= 11 is 0. The molecule has 138 valence electrons. The molecule has 0 radical (unpaired) electrons. The standard InChI is InChI=1S/C27H25N/c1-17-7-3-6-10-22-25(14-18(2)13-17)27(28)23-12-11-21-15-19-8-4-5-9-20(19)16-24(21)26(22)23/h3-5,7-16,18,27H,6,28H2,1-2H3/b7-3-,17-13-,22-10+,25-14+. The summed E-state index contributed by atoms with van der Waals surface area (Å²) in [6, 6.07) is 17.6.